The fraction of sp³-hybridized carbons (Fsp3) is 0.0500. The van der Waals surface area contributed by atoms with Gasteiger partial charge in [-0.15, -0.1) is 0 Å². The van der Waals surface area contributed by atoms with Crippen LogP contribution in [0.4, 0.5) is 0 Å². The highest BCUT2D eigenvalue weighted by molar-refractivity contribution is 7.87. The second kappa shape index (κ2) is 7.71. The average Bonchev–Trinajstić information content (AvgIpc) is 2.72. The van der Waals surface area contributed by atoms with Gasteiger partial charge < -0.3 is 4.18 Å². The summed E-state index contributed by atoms with van der Waals surface area (Å²) in [7, 11) is -4.14. The third kappa shape index (κ3) is 3.77. The number of aromatic nitrogens is 3. The highest BCUT2D eigenvalue weighted by Crippen LogP contribution is 2.27. The van der Waals surface area contributed by atoms with E-state index in [-0.39, 0.29) is 20.7 Å². The molecular formula is C20H13Cl2N3O4S. The Morgan fingerprint density at radius 3 is 2.47 bits per heavy atom. The predicted molar refractivity (Wildman–Crippen MR) is 114 cm³/mol. The van der Waals surface area contributed by atoms with Crippen molar-refractivity contribution in [2.45, 2.75) is 11.8 Å². The highest BCUT2D eigenvalue weighted by atomic mass is 35.5. The molecule has 0 atom stereocenters. The zero-order valence-electron chi connectivity index (χ0n) is 15.4. The van der Waals surface area contributed by atoms with Crippen LogP contribution in [0.2, 0.25) is 10.0 Å². The summed E-state index contributed by atoms with van der Waals surface area (Å²) in [6.45, 7) is 1.81. The highest BCUT2D eigenvalue weighted by Gasteiger charge is 2.19. The van der Waals surface area contributed by atoms with E-state index in [2.05, 4.69) is 10.1 Å². The van der Waals surface area contributed by atoms with E-state index in [1.165, 1.54) is 30.5 Å². The second-order valence-corrected chi connectivity index (χ2v) is 8.67. The Morgan fingerprint density at radius 2 is 1.73 bits per heavy atom. The van der Waals surface area contributed by atoms with Crippen molar-refractivity contribution in [3.63, 3.8) is 0 Å². The predicted octanol–water partition coefficient (Wildman–Crippen LogP) is 4.16. The number of hydrogen-bond acceptors (Lipinski definition) is 6. The van der Waals surface area contributed by atoms with Crippen molar-refractivity contribution in [1.29, 1.82) is 0 Å². The van der Waals surface area contributed by atoms with Crippen LogP contribution in [0.1, 0.15) is 5.69 Å². The minimum atomic E-state index is -4.14. The Labute approximate surface area is 181 Å². The maximum Gasteiger partial charge on any atom is 0.339 e. The lowest BCUT2D eigenvalue weighted by Gasteiger charge is -2.10. The molecule has 0 aliphatic heterocycles. The van der Waals surface area contributed by atoms with Crippen molar-refractivity contribution in [1.82, 2.24) is 14.8 Å². The van der Waals surface area contributed by atoms with Gasteiger partial charge in [0, 0.05) is 11.1 Å². The lowest BCUT2D eigenvalue weighted by Crippen LogP contribution is -2.21. The van der Waals surface area contributed by atoms with Crippen molar-refractivity contribution in [2.24, 2.45) is 0 Å². The van der Waals surface area contributed by atoms with E-state index < -0.39 is 15.7 Å². The molecule has 2 heterocycles. The minimum absolute atomic E-state index is 0.0319. The maximum absolute atomic E-state index is 12.8. The lowest BCUT2D eigenvalue weighted by molar-refractivity contribution is 0.488. The molecule has 0 bridgehead atoms. The van der Waals surface area contributed by atoms with Crippen LogP contribution in [0.3, 0.4) is 0 Å². The van der Waals surface area contributed by atoms with Crippen LogP contribution < -0.4 is 9.74 Å². The normalized spacial score (nSPS) is 11.6. The first-order chi connectivity index (χ1) is 14.3. The molecule has 2 aromatic heterocycles. The van der Waals surface area contributed by atoms with Gasteiger partial charge in [0.1, 0.15) is 15.4 Å². The van der Waals surface area contributed by atoms with Crippen molar-refractivity contribution in [3.05, 3.63) is 86.9 Å². The van der Waals surface area contributed by atoms with Crippen LogP contribution in [0, 0.1) is 6.92 Å². The third-order valence-electron chi connectivity index (χ3n) is 4.27. The topological polar surface area (TPSA) is 91.2 Å². The van der Waals surface area contributed by atoms with Gasteiger partial charge in [0.2, 0.25) is 0 Å². The average molecular weight is 462 g/mol. The number of nitrogens with zero attached hydrogens (tertiary/aromatic N) is 3. The first-order valence-corrected chi connectivity index (χ1v) is 10.8. The molecule has 0 N–H and O–H groups in total. The lowest BCUT2D eigenvalue weighted by atomic mass is 10.2. The van der Waals surface area contributed by atoms with E-state index in [9.17, 15) is 13.2 Å². The Hall–Kier alpha value is -2.94. The molecule has 0 fully saturated rings. The largest absolute Gasteiger partial charge is 0.377 e. The zero-order valence-corrected chi connectivity index (χ0v) is 17.7. The Bertz CT molecular complexity index is 1440. The quantitative estimate of drug-likeness (QED) is 0.423. The van der Waals surface area contributed by atoms with Crippen LogP contribution in [0.25, 0.3) is 16.6 Å². The summed E-state index contributed by atoms with van der Waals surface area (Å²) in [6, 6.07) is 14.2. The molecule has 0 amide bonds. The van der Waals surface area contributed by atoms with Gasteiger partial charge >= 0.3 is 10.1 Å². The number of rotatable bonds is 4. The number of aryl methyl sites for hydroxylation is 1. The summed E-state index contributed by atoms with van der Waals surface area (Å²) in [4.78, 5) is 16.5. The van der Waals surface area contributed by atoms with E-state index in [1.54, 1.807) is 12.1 Å². The SMILES string of the molecule is Cc1ccc2cccc(OS(=O)(=O)c3ccc(-n4ncc(Cl)c(Cl)c4=O)cc3)c2n1. The van der Waals surface area contributed by atoms with Crippen molar-refractivity contribution >= 4 is 44.2 Å². The first kappa shape index (κ1) is 20.3. The van der Waals surface area contributed by atoms with Crippen molar-refractivity contribution in [3.8, 4) is 11.4 Å². The number of para-hydroxylation sites is 1. The second-order valence-electron chi connectivity index (χ2n) is 6.34. The van der Waals surface area contributed by atoms with Gasteiger partial charge in [0.15, 0.2) is 5.75 Å². The molecule has 0 saturated heterocycles. The minimum Gasteiger partial charge on any atom is -0.377 e. The van der Waals surface area contributed by atoms with Crippen molar-refractivity contribution in [2.75, 3.05) is 0 Å². The number of hydrogen-bond donors (Lipinski definition) is 0. The molecule has 2 aromatic carbocycles. The van der Waals surface area contributed by atoms with Gasteiger partial charge in [-0.1, -0.05) is 41.4 Å². The molecule has 4 rings (SSSR count). The molecule has 0 saturated carbocycles. The number of halogens is 2. The van der Waals surface area contributed by atoms with Gasteiger partial charge in [-0.05, 0) is 43.3 Å². The van der Waals surface area contributed by atoms with Gasteiger partial charge in [-0.3, -0.25) is 4.79 Å². The van der Waals surface area contributed by atoms with Crippen LogP contribution in [-0.4, -0.2) is 23.2 Å². The van der Waals surface area contributed by atoms with Crippen molar-refractivity contribution < 1.29 is 12.6 Å². The van der Waals surface area contributed by atoms with Crippen LogP contribution in [0.15, 0.2) is 70.5 Å². The summed E-state index contributed by atoms with van der Waals surface area (Å²) in [5.74, 6) is 0.127. The number of pyridine rings is 1. The van der Waals surface area contributed by atoms with E-state index in [1.807, 2.05) is 25.1 Å². The molecule has 0 radical (unpaired) electrons. The number of benzene rings is 2. The summed E-state index contributed by atoms with van der Waals surface area (Å²) in [5.41, 5.74) is 0.886. The van der Waals surface area contributed by atoms with Crippen LogP contribution >= 0.6 is 23.2 Å². The molecule has 4 aromatic rings. The molecule has 0 spiro atoms. The molecule has 10 heteroatoms. The van der Waals surface area contributed by atoms with E-state index in [4.69, 9.17) is 27.4 Å². The smallest absolute Gasteiger partial charge is 0.339 e. The summed E-state index contributed by atoms with van der Waals surface area (Å²) < 4.78 is 31.9. The Balaban J connectivity index is 1.69. The molecule has 0 aliphatic carbocycles. The fourth-order valence-corrected chi connectivity index (χ4v) is 3.99. The molecule has 7 nitrogen and oxygen atoms in total. The summed E-state index contributed by atoms with van der Waals surface area (Å²) in [6.07, 6.45) is 1.23. The fourth-order valence-electron chi connectivity index (χ4n) is 2.80. The third-order valence-corrected chi connectivity index (χ3v) is 6.27. The van der Waals surface area contributed by atoms with E-state index >= 15 is 0 Å². The first-order valence-electron chi connectivity index (χ1n) is 8.61. The van der Waals surface area contributed by atoms with Gasteiger partial charge in [-0.2, -0.15) is 18.2 Å². The zero-order chi connectivity index (χ0) is 21.5. The van der Waals surface area contributed by atoms with Crippen LogP contribution in [0.5, 0.6) is 5.75 Å². The molecule has 0 unspecified atom stereocenters. The van der Waals surface area contributed by atoms with Gasteiger partial charge in [-0.25, -0.2) is 4.98 Å². The Morgan fingerprint density at radius 1 is 1.00 bits per heavy atom. The van der Waals surface area contributed by atoms with E-state index in [0.29, 0.717) is 11.2 Å². The standard InChI is InChI=1S/C20H13Cl2N3O4S/c1-12-5-6-13-3-2-4-17(19(13)24-12)29-30(27,28)15-9-7-14(8-10-15)25-20(26)18(22)16(21)11-23-25/h2-11H,1H3. The van der Waals surface area contributed by atoms with Crippen LogP contribution in [-0.2, 0) is 10.1 Å². The molecule has 0 aliphatic rings. The summed E-state index contributed by atoms with van der Waals surface area (Å²) >= 11 is 11.6. The molecule has 152 valence electrons. The monoisotopic (exact) mass is 461 g/mol. The Kier molecular flexibility index (Phi) is 5.23. The summed E-state index contributed by atoms with van der Waals surface area (Å²) in [5, 5.41) is 4.52. The van der Waals surface area contributed by atoms with E-state index in [0.717, 1.165) is 15.8 Å². The van der Waals surface area contributed by atoms with Gasteiger partial charge in [0.05, 0.1) is 16.9 Å². The molecule has 30 heavy (non-hydrogen) atoms. The molecular weight excluding hydrogens is 449 g/mol. The maximum atomic E-state index is 12.8. The van der Waals surface area contributed by atoms with Gasteiger partial charge in [0.25, 0.3) is 5.56 Å². The number of fused-ring (bicyclic) bond motifs is 1.